The fourth-order valence-electron chi connectivity index (χ4n) is 0.657. The van der Waals surface area contributed by atoms with Crippen molar-refractivity contribution in [1.29, 1.82) is 0 Å². The molecule has 0 unspecified atom stereocenters. The molecule has 0 aromatic carbocycles. The minimum Gasteiger partial charge on any atom is -0.320 e. The molecule has 0 aliphatic carbocycles. The fraction of sp³-hybridized carbons (Fsp3) is 0.125. The molecule has 0 atom stereocenters. The Morgan fingerprint density at radius 2 is 2.25 bits per heavy atom. The molecule has 0 radical (unpaired) electrons. The van der Waals surface area contributed by atoms with Gasteiger partial charge in [0.25, 0.3) is 0 Å². The molecule has 12 heavy (non-hydrogen) atoms. The van der Waals surface area contributed by atoms with E-state index in [9.17, 15) is 0 Å². The first kappa shape index (κ1) is 9.34. The Bertz CT molecular complexity index is 339. The molecule has 0 aliphatic heterocycles. The molecule has 0 spiro atoms. The van der Waals surface area contributed by atoms with Gasteiger partial charge in [0.1, 0.15) is 5.15 Å². The summed E-state index contributed by atoms with van der Waals surface area (Å²) in [6, 6.07) is 1.65. The summed E-state index contributed by atoms with van der Waals surface area (Å²) < 4.78 is 0. The van der Waals surface area contributed by atoms with Gasteiger partial charge in [-0.3, -0.25) is 0 Å². The molecule has 0 amide bonds. The summed E-state index contributed by atoms with van der Waals surface area (Å²) in [4.78, 5) is 3.82. The second-order valence-corrected chi connectivity index (χ2v) is 2.79. The third kappa shape index (κ3) is 2.38. The highest BCUT2D eigenvalue weighted by molar-refractivity contribution is 6.32. The van der Waals surface area contributed by atoms with Crippen LogP contribution in [0.25, 0.3) is 0 Å². The van der Waals surface area contributed by atoms with E-state index in [-0.39, 0.29) is 0 Å². The maximum atomic E-state index is 5.72. The van der Waals surface area contributed by atoms with E-state index in [0.29, 0.717) is 22.3 Å². The minimum atomic E-state index is 0.294. The number of nitrogens with two attached hydrogens (primary N) is 1. The molecule has 0 saturated carbocycles. The van der Waals surface area contributed by atoms with E-state index < -0.39 is 0 Å². The van der Waals surface area contributed by atoms with Crippen molar-refractivity contribution in [1.82, 2.24) is 4.98 Å². The number of hydrogen-bond donors (Lipinski definition) is 1. The first-order chi connectivity index (χ1) is 5.74. The van der Waals surface area contributed by atoms with Gasteiger partial charge in [-0.05, 0) is 6.07 Å². The van der Waals surface area contributed by atoms with Gasteiger partial charge in [-0.25, -0.2) is 4.98 Å². The number of hydrogen-bond acceptors (Lipinski definition) is 2. The van der Waals surface area contributed by atoms with Crippen molar-refractivity contribution in [3.8, 4) is 11.8 Å². The van der Waals surface area contributed by atoms with Crippen LogP contribution in [0.4, 0.5) is 0 Å². The van der Waals surface area contributed by atoms with Crippen molar-refractivity contribution in [2.24, 2.45) is 5.73 Å². The highest BCUT2D eigenvalue weighted by Crippen LogP contribution is 2.15. The molecule has 1 aromatic rings. The lowest BCUT2D eigenvalue weighted by Crippen LogP contribution is -1.93. The van der Waals surface area contributed by atoms with Crippen LogP contribution in [-0.2, 0) is 0 Å². The van der Waals surface area contributed by atoms with Crippen LogP contribution in [0.3, 0.4) is 0 Å². The number of aromatic nitrogens is 1. The fourth-order valence-corrected chi connectivity index (χ4v) is 0.965. The number of halogens is 2. The van der Waals surface area contributed by atoms with Gasteiger partial charge in [0.2, 0.25) is 0 Å². The molecule has 2 nitrogen and oxygen atoms in total. The molecule has 0 fully saturated rings. The molecular formula is C8H6Cl2N2. The van der Waals surface area contributed by atoms with Gasteiger partial charge in [0, 0.05) is 6.20 Å². The standard InChI is InChI=1S/C8H6Cl2N2/c9-7-4-6(2-1-3-11)8(10)12-5-7/h4-5H,3,11H2. The largest absolute Gasteiger partial charge is 0.320 e. The van der Waals surface area contributed by atoms with E-state index in [1.54, 1.807) is 6.07 Å². The summed E-state index contributed by atoms with van der Waals surface area (Å²) in [5.41, 5.74) is 5.80. The van der Waals surface area contributed by atoms with E-state index in [1.807, 2.05) is 0 Å². The Kier molecular flexibility index (Phi) is 3.36. The number of nitrogens with zero attached hydrogens (tertiary/aromatic N) is 1. The highest BCUT2D eigenvalue weighted by atomic mass is 35.5. The SMILES string of the molecule is NCC#Cc1cc(Cl)cnc1Cl. The molecule has 4 heteroatoms. The van der Waals surface area contributed by atoms with E-state index in [0.717, 1.165) is 0 Å². The molecule has 0 aliphatic rings. The Morgan fingerprint density at radius 1 is 1.50 bits per heavy atom. The normalized spacial score (nSPS) is 8.92. The third-order valence-electron chi connectivity index (χ3n) is 1.13. The lowest BCUT2D eigenvalue weighted by atomic mass is 10.3. The van der Waals surface area contributed by atoms with Gasteiger partial charge in [-0.15, -0.1) is 0 Å². The molecule has 62 valence electrons. The predicted molar refractivity (Wildman–Crippen MR) is 50.2 cm³/mol. The molecule has 1 heterocycles. The van der Waals surface area contributed by atoms with Crippen LogP contribution in [0, 0.1) is 11.8 Å². The van der Waals surface area contributed by atoms with Gasteiger partial charge in [0.15, 0.2) is 0 Å². The van der Waals surface area contributed by atoms with Crippen LogP contribution in [-0.4, -0.2) is 11.5 Å². The van der Waals surface area contributed by atoms with Crippen molar-refractivity contribution >= 4 is 23.2 Å². The molecule has 1 aromatic heterocycles. The smallest absolute Gasteiger partial charge is 0.144 e. The van der Waals surface area contributed by atoms with Crippen LogP contribution in [0.15, 0.2) is 12.3 Å². The van der Waals surface area contributed by atoms with Gasteiger partial charge in [-0.1, -0.05) is 35.0 Å². The second kappa shape index (κ2) is 4.32. The Balaban J connectivity index is 3.05. The Hall–Kier alpha value is -0.750. The third-order valence-corrected chi connectivity index (χ3v) is 1.64. The van der Waals surface area contributed by atoms with Crippen molar-refractivity contribution in [2.75, 3.05) is 6.54 Å². The predicted octanol–water partition coefficient (Wildman–Crippen LogP) is 1.70. The summed E-state index contributed by atoms with van der Waals surface area (Å²) in [5.74, 6) is 5.43. The first-order valence-electron chi connectivity index (χ1n) is 3.24. The average molecular weight is 201 g/mol. The average Bonchev–Trinajstić information content (AvgIpc) is 2.07. The van der Waals surface area contributed by atoms with E-state index >= 15 is 0 Å². The topological polar surface area (TPSA) is 38.9 Å². The van der Waals surface area contributed by atoms with Crippen LogP contribution >= 0.6 is 23.2 Å². The van der Waals surface area contributed by atoms with Crippen LogP contribution in [0.5, 0.6) is 0 Å². The van der Waals surface area contributed by atoms with Crippen LogP contribution in [0.1, 0.15) is 5.56 Å². The summed E-state index contributed by atoms with van der Waals surface area (Å²) >= 11 is 11.4. The van der Waals surface area contributed by atoms with Crippen LogP contribution < -0.4 is 5.73 Å². The van der Waals surface area contributed by atoms with Gasteiger partial charge >= 0.3 is 0 Å². The summed E-state index contributed by atoms with van der Waals surface area (Å²) in [6.45, 7) is 0.294. The summed E-state index contributed by atoms with van der Waals surface area (Å²) in [6.07, 6.45) is 1.47. The monoisotopic (exact) mass is 200 g/mol. The highest BCUT2D eigenvalue weighted by Gasteiger charge is 1.98. The lowest BCUT2D eigenvalue weighted by Gasteiger charge is -1.94. The van der Waals surface area contributed by atoms with Crippen molar-refractivity contribution in [2.45, 2.75) is 0 Å². The second-order valence-electron chi connectivity index (χ2n) is 2.00. The molecule has 2 N–H and O–H groups in total. The van der Waals surface area contributed by atoms with Crippen LogP contribution in [0.2, 0.25) is 10.2 Å². The molecular weight excluding hydrogens is 195 g/mol. The quantitative estimate of drug-likeness (QED) is 0.512. The van der Waals surface area contributed by atoms with Crippen molar-refractivity contribution in [3.05, 3.63) is 28.0 Å². The number of pyridine rings is 1. The minimum absolute atomic E-state index is 0.294. The number of rotatable bonds is 0. The zero-order chi connectivity index (χ0) is 8.97. The lowest BCUT2D eigenvalue weighted by molar-refractivity contribution is 1.29. The van der Waals surface area contributed by atoms with E-state index in [4.69, 9.17) is 28.9 Å². The maximum Gasteiger partial charge on any atom is 0.144 e. The van der Waals surface area contributed by atoms with Gasteiger partial charge in [0.05, 0.1) is 17.1 Å². The zero-order valence-corrected chi connectivity index (χ0v) is 7.65. The molecule has 0 saturated heterocycles. The van der Waals surface area contributed by atoms with E-state index in [1.165, 1.54) is 6.20 Å². The molecule has 1 rings (SSSR count). The Morgan fingerprint density at radius 3 is 2.92 bits per heavy atom. The molecule has 0 bridgehead atoms. The maximum absolute atomic E-state index is 5.72. The zero-order valence-electron chi connectivity index (χ0n) is 6.14. The summed E-state index contributed by atoms with van der Waals surface area (Å²) in [5, 5.41) is 0.862. The summed E-state index contributed by atoms with van der Waals surface area (Å²) in [7, 11) is 0. The van der Waals surface area contributed by atoms with Crippen molar-refractivity contribution < 1.29 is 0 Å². The van der Waals surface area contributed by atoms with Gasteiger partial charge < -0.3 is 5.73 Å². The first-order valence-corrected chi connectivity index (χ1v) is 3.99. The van der Waals surface area contributed by atoms with E-state index in [2.05, 4.69) is 16.8 Å². The Labute approximate surface area is 80.7 Å². The van der Waals surface area contributed by atoms with Gasteiger partial charge in [-0.2, -0.15) is 0 Å². The van der Waals surface area contributed by atoms with Crippen molar-refractivity contribution in [3.63, 3.8) is 0 Å².